The zero-order chi connectivity index (χ0) is 13.4. The molecule has 0 radical (unpaired) electrons. The smallest absolute Gasteiger partial charge is 0.139 e. The van der Waals surface area contributed by atoms with Crippen LogP contribution in [0.4, 0.5) is 5.69 Å². The number of benzene rings is 1. The maximum atomic E-state index is 5.95. The summed E-state index contributed by atoms with van der Waals surface area (Å²) < 4.78 is 0. The zero-order valence-electron chi connectivity index (χ0n) is 11.1. The minimum Gasteiger partial charge on any atom is -0.398 e. The third kappa shape index (κ3) is 2.08. The van der Waals surface area contributed by atoms with Crippen molar-refractivity contribution in [2.24, 2.45) is 0 Å². The Morgan fingerprint density at radius 1 is 1.11 bits per heavy atom. The molecule has 0 fully saturated rings. The second kappa shape index (κ2) is 4.43. The first-order chi connectivity index (χ1) is 9.15. The summed E-state index contributed by atoms with van der Waals surface area (Å²) in [6.07, 6.45) is 1.72. The molecule has 0 aliphatic heterocycles. The Balaban J connectivity index is 2.06. The first-order valence-corrected chi connectivity index (χ1v) is 6.48. The largest absolute Gasteiger partial charge is 0.398 e. The molecule has 0 saturated heterocycles. The molecule has 0 aliphatic carbocycles. The molecule has 96 valence electrons. The first kappa shape index (κ1) is 11.8. The lowest BCUT2D eigenvalue weighted by Crippen LogP contribution is -1.86. The molecule has 3 nitrogen and oxygen atoms in total. The van der Waals surface area contributed by atoms with Crippen molar-refractivity contribution in [2.45, 2.75) is 19.8 Å². The molecule has 0 bridgehead atoms. The van der Waals surface area contributed by atoms with Crippen LogP contribution in [-0.4, -0.2) is 9.97 Å². The number of hydrogen-bond donors (Lipinski definition) is 2. The number of nitrogens with two attached hydrogens (primary N) is 1. The highest BCUT2D eigenvalue weighted by Crippen LogP contribution is 2.27. The highest BCUT2D eigenvalue weighted by atomic mass is 14.9. The van der Waals surface area contributed by atoms with Crippen LogP contribution in [0.3, 0.4) is 0 Å². The number of nitrogens with zero attached hydrogens (tertiary/aromatic N) is 1. The van der Waals surface area contributed by atoms with E-state index in [4.69, 9.17) is 5.73 Å². The molecule has 0 aliphatic rings. The van der Waals surface area contributed by atoms with Crippen molar-refractivity contribution < 1.29 is 0 Å². The van der Waals surface area contributed by atoms with Crippen molar-refractivity contribution in [3.8, 4) is 11.3 Å². The SMILES string of the molecule is CC(C)c1ccc(-c2cc3c(N)ccnc3[nH]2)cc1. The molecule has 2 heterocycles. The number of rotatable bonds is 2. The van der Waals surface area contributed by atoms with E-state index >= 15 is 0 Å². The molecule has 3 rings (SSSR count). The second-order valence-electron chi connectivity index (χ2n) is 5.12. The summed E-state index contributed by atoms with van der Waals surface area (Å²) in [5, 5.41) is 0.977. The van der Waals surface area contributed by atoms with E-state index in [-0.39, 0.29) is 0 Å². The molecule has 1 aromatic carbocycles. The molecule has 3 N–H and O–H groups in total. The number of H-pyrrole nitrogens is 1. The van der Waals surface area contributed by atoms with Gasteiger partial charge < -0.3 is 10.7 Å². The Hall–Kier alpha value is -2.29. The average Bonchev–Trinajstić information content (AvgIpc) is 2.84. The number of nitrogen functional groups attached to an aromatic ring is 1. The lowest BCUT2D eigenvalue weighted by Gasteiger charge is -2.05. The average molecular weight is 251 g/mol. The number of fused-ring (bicyclic) bond motifs is 1. The number of aromatic amines is 1. The van der Waals surface area contributed by atoms with Crippen LogP contribution < -0.4 is 5.73 Å². The van der Waals surface area contributed by atoms with Gasteiger partial charge in [-0.25, -0.2) is 4.98 Å². The minimum atomic E-state index is 0.550. The van der Waals surface area contributed by atoms with E-state index in [9.17, 15) is 0 Å². The van der Waals surface area contributed by atoms with Crippen LogP contribution in [0.25, 0.3) is 22.3 Å². The van der Waals surface area contributed by atoms with E-state index in [0.29, 0.717) is 5.92 Å². The topological polar surface area (TPSA) is 54.7 Å². The van der Waals surface area contributed by atoms with Gasteiger partial charge in [0.2, 0.25) is 0 Å². The fourth-order valence-electron chi connectivity index (χ4n) is 2.25. The molecule has 0 spiro atoms. The Labute approximate surface area is 112 Å². The highest BCUT2D eigenvalue weighted by Gasteiger charge is 2.07. The highest BCUT2D eigenvalue weighted by molar-refractivity contribution is 5.92. The normalized spacial score (nSPS) is 11.3. The summed E-state index contributed by atoms with van der Waals surface area (Å²) in [5.41, 5.74) is 11.1. The van der Waals surface area contributed by atoms with Crippen molar-refractivity contribution in [1.29, 1.82) is 0 Å². The monoisotopic (exact) mass is 251 g/mol. The molecule has 0 amide bonds. The quantitative estimate of drug-likeness (QED) is 0.725. The predicted octanol–water partition coefficient (Wildman–Crippen LogP) is 3.94. The van der Waals surface area contributed by atoms with Gasteiger partial charge in [-0.15, -0.1) is 0 Å². The van der Waals surface area contributed by atoms with Crippen LogP contribution in [0.2, 0.25) is 0 Å². The van der Waals surface area contributed by atoms with E-state index in [1.165, 1.54) is 5.56 Å². The zero-order valence-corrected chi connectivity index (χ0v) is 11.1. The van der Waals surface area contributed by atoms with Gasteiger partial charge in [-0.3, -0.25) is 0 Å². The second-order valence-corrected chi connectivity index (χ2v) is 5.12. The van der Waals surface area contributed by atoms with Gasteiger partial charge in [-0.2, -0.15) is 0 Å². The van der Waals surface area contributed by atoms with Gasteiger partial charge in [-0.1, -0.05) is 38.1 Å². The van der Waals surface area contributed by atoms with Gasteiger partial charge in [-0.05, 0) is 29.2 Å². The Morgan fingerprint density at radius 3 is 2.47 bits per heavy atom. The molecule has 0 unspecified atom stereocenters. The molecule has 19 heavy (non-hydrogen) atoms. The summed E-state index contributed by atoms with van der Waals surface area (Å²) in [4.78, 5) is 7.61. The third-order valence-electron chi connectivity index (χ3n) is 3.45. The standard InChI is InChI=1S/C16H17N3/c1-10(2)11-3-5-12(6-4-11)15-9-13-14(17)7-8-18-16(13)19-15/h3-10H,1-2H3,(H3,17,18,19). The molecule has 0 atom stereocenters. The predicted molar refractivity (Wildman–Crippen MR) is 80.0 cm³/mol. The van der Waals surface area contributed by atoms with Crippen LogP contribution in [0.15, 0.2) is 42.6 Å². The summed E-state index contributed by atoms with van der Waals surface area (Å²) in [6, 6.07) is 12.5. The molecule has 0 saturated carbocycles. The molecule has 2 aromatic heterocycles. The number of anilines is 1. The van der Waals surface area contributed by atoms with Gasteiger partial charge in [0.1, 0.15) is 5.65 Å². The number of nitrogens with one attached hydrogen (secondary N) is 1. The van der Waals surface area contributed by atoms with E-state index in [2.05, 4.69) is 54.1 Å². The Kier molecular flexibility index (Phi) is 2.75. The number of aromatic nitrogens is 2. The fourth-order valence-corrected chi connectivity index (χ4v) is 2.25. The first-order valence-electron chi connectivity index (χ1n) is 6.48. The van der Waals surface area contributed by atoms with Crippen molar-refractivity contribution in [1.82, 2.24) is 9.97 Å². The van der Waals surface area contributed by atoms with Gasteiger partial charge in [0.25, 0.3) is 0 Å². The number of pyridine rings is 1. The molecule has 3 aromatic rings. The van der Waals surface area contributed by atoms with E-state index < -0.39 is 0 Å². The Bertz CT molecular complexity index is 708. The van der Waals surface area contributed by atoms with Gasteiger partial charge >= 0.3 is 0 Å². The summed E-state index contributed by atoms with van der Waals surface area (Å²) >= 11 is 0. The van der Waals surface area contributed by atoms with Crippen LogP contribution >= 0.6 is 0 Å². The van der Waals surface area contributed by atoms with E-state index in [1.54, 1.807) is 6.20 Å². The minimum absolute atomic E-state index is 0.550. The summed E-state index contributed by atoms with van der Waals surface area (Å²) in [5.74, 6) is 0.550. The van der Waals surface area contributed by atoms with E-state index in [1.807, 2.05) is 6.07 Å². The van der Waals surface area contributed by atoms with Gasteiger partial charge in [0.15, 0.2) is 0 Å². The maximum Gasteiger partial charge on any atom is 0.139 e. The van der Waals surface area contributed by atoms with Crippen molar-refractivity contribution >= 4 is 16.7 Å². The molecular formula is C16H17N3. The van der Waals surface area contributed by atoms with Gasteiger partial charge in [0, 0.05) is 23.0 Å². The lowest BCUT2D eigenvalue weighted by molar-refractivity contribution is 0.867. The maximum absolute atomic E-state index is 5.95. The molecular weight excluding hydrogens is 234 g/mol. The fraction of sp³-hybridized carbons (Fsp3) is 0.188. The van der Waals surface area contributed by atoms with Crippen LogP contribution in [-0.2, 0) is 0 Å². The van der Waals surface area contributed by atoms with Gasteiger partial charge in [0.05, 0.1) is 0 Å². The summed E-state index contributed by atoms with van der Waals surface area (Å²) in [6.45, 7) is 4.39. The van der Waals surface area contributed by atoms with Crippen LogP contribution in [0.5, 0.6) is 0 Å². The number of hydrogen-bond acceptors (Lipinski definition) is 2. The lowest BCUT2D eigenvalue weighted by atomic mass is 10.0. The van der Waals surface area contributed by atoms with E-state index in [0.717, 1.165) is 28.0 Å². The summed E-state index contributed by atoms with van der Waals surface area (Å²) in [7, 11) is 0. The van der Waals surface area contributed by atoms with Crippen molar-refractivity contribution in [3.63, 3.8) is 0 Å². The van der Waals surface area contributed by atoms with Crippen molar-refractivity contribution in [3.05, 3.63) is 48.2 Å². The molecule has 3 heteroatoms. The Morgan fingerprint density at radius 2 is 1.84 bits per heavy atom. The van der Waals surface area contributed by atoms with Crippen molar-refractivity contribution in [2.75, 3.05) is 5.73 Å². The third-order valence-corrected chi connectivity index (χ3v) is 3.45. The van der Waals surface area contributed by atoms with Crippen LogP contribution in [0.1, 0.15) is 25.3 Å². The van der Waals surface area contributed by atoms with Crippen LogP contribution in [0, 0.1) is 0 Å².